The van der Waals surface area contributed by atoms with Crippen molar-refractivity contribution >= 4 is 0 Å². The van der Waals surface area contributed by atoms with Crippen LogP contribution in [-0.4, -0.2) is 61.5 Å². The molecule has 3 aliphatic rings. The Morgan fingerprint density at radius 2 is 2.05 bits per heavy atom. The Kier molecular flexibility index (Phi) is 4.13. The average Bonchev–Trinajstić information content (AvgIpc) is 2.95. The summed E-state index contributed by atoms with van der Waals surface area (Å²) in [5.41, 5.74) is 0.0798. The lowest BCUT2D eigenvalue weighted by molar-refractivity contribution is -0.0502. The van der Waals surface area contributed by atoms with Gasteiger partial charge in [-0.3, -0.25) is 4.90 Å². The van der Waals surface area contributed by atoms with E-state index in [0.717, 1.165) is 26.2 Å². The van der Waals surface area contributed by atoms with Gasteiger partial charge < -0.3 is 14.8 Å². The first-order chi connectivity index (χ1) is 9.12. The van der Waals surface area contributed by atoms with Gasteiger partial charge in [0, 0.05) is 25.7 Å². The Hall–Kier alpha value is -0.160. The number of rotatable bonds is 4. The first-order valence-corrected chi connectivity index (χ1v) is 7.87. The number of morpholine rings is 1. The van der Waals surface area contributed by atoms with E-state index in [1.807, 2.05) is 0 Å². The summed E-state index contributed by atoms with van der Waals surface area (Å²) in [6, 6.07) is 0.704. The van der Waals surface area contributed by atoms with Crippen molar-refractivity contribution in [3.8, 4) is 0 Å². The molecule has 0 spiro atoms. The standard InChI is InChI=1S/C15H28N2O2/c1-15(2)6-5-13(19-15)8-16-9-14-10-17-7-3-4-12(17)11-18-14/h12-14,16H,3-11H2,1-2H3. The van der Waals surface area contributed by atoms with Crippen LogP contribution in [0.25, 0.3) is 0 Å². The molecule has 4 nitrogen and oxygen atoms in total. The topological polar surface area (TPSA) is 33.7 Å². The highest BCUT2D eigenvalue weighted by Gasteiger charge is 2.33. The Bertz CT molecular complexity index is 309. The summed E-state index contributed by atoms with van der Waals surface area (Å²) >= 11 is 0. The maximum Gasteiger partial charge on any atom is 0.0827 e. The van der Waals surface area contributed by atoms with Crippen LogP contribution in [0, 0.1) is 0 Å². The van der Waals surface area contributed by atoms with Gasteiger partial charge in [0.05, 0.1) is 24.4 Å². The minimum absolute atomic E-state index is 0.0798. The SMILES string of the molecule is CC1(C)CCC(CNCC2CN3CCCC3CO2)O1. The molecule has 3 saturated heterocycles. The molecule has 3 aliphatic heterocycles. The van der Waals surface area contributed by atoms with Crippen LogP contribution in [0.15, 0.2) is 0 Å². The van der Waals surface area contributed by atoms with Gasteiger partial charge in [0.25, 0.3) is 0 Å². The highest BCUT2D eigenvalue weighted by molar-refractivity contribution is 4.87. The van der Waals surface area contributed by atoms with Crippen molar-refractivity contribution in [2.45, 2.75) is 63.4 Å². The quantitative estimate of drug-likeness (QED) is 0.835. The molecule has 0 amide bonds. The third kappa shape index (κ3) is 3.48. The number of nitrogens with zero attached hydrogens (tertiary/aromatic N) is 1. The van der Waals surface area contributed by atoms with Crippen LogP contribution in [-0.2, 0) is 9.47 Å². The van der Waals surface area contributed by atoms with Gasteiger partial charge in [-0.2, -0.15) is 0 Å². The third-order valence-electron chi connectivity index (χ3n) is 4.76. The lowest BCUT2D eigenvalue weighted by Crippen LogP contribution is -2.50. The van der Waals surface area contributed by atoms with Crippen LogP contribution >= 0.6 is 0 Å². The molecule has 4 heteroatoms. The van der Waals surface area contributed by atoms with Crippen LogP contribution in [0.2, 0.25) is 0 Å². The first kappa shape index (κ1) is 13.8. The van der Waals surface area contributed by atoms with E-state index in [1.54, 1.807) is 0 Å². The molecule has 0 saturated carbocycles. The molecule has 3 heterocycles. The molecular formula is C15H28N2O2. The van der Waals surface area contributed by atoms with Crippen LogP contribution in [0.3, 0.4) is 0 Å². The molecular weight excluding hydrogens is 240 g/mol. The van der Waals surface area contributed by atoms with E-state index in [0.29, 0.717) is 18.2 Å². The van der Waals surface area contributed by atoms with Crippen LogP contribution in [0.5, 0.6) is 0 Å². The Morgan fingerprint density at radius 1 is 1.21 bits per heavy atom. The van der Waals surface area contributed by atoms with Crippen molar-refractivity contribution in [1.82, 2.24) is 10.2 Å². The summed E-state index contributed by atoms with van der Waals surface area (Å²) in [4.78, 5) is 2.60. The molecule has 0 bridgehead atoms. The molecule has 3 unspecified atom stereocenters. The van der Waals surface area contributed by atoms with Gasteiger partial charge in [-0.1, -0.05) is 0 Å². The second kappa shape index (κ2) is 5.68. The fourth-order valence-corrected chi connectivity index (χ4v) is 3.64. The fourth-order valence-electron chi connectivity index (χ4n) is 3.64. The highest BCUT2D eigenvalue weighted by atomic mass is 16.5. The van der Waals surface area contributed by atoms with Gasteiger partial charge in [-0.05, 0) is 46.1 Å². The molecule has 3 rings (SSSR count). The Labute approximate surface area is 116 Å². The summed E-state index contributed by atoms with van der Waals surface area (Å²) in [7, 11) is 0. The lowest BCUT2D eigenvalue weighted by atomic mass is 10.1. The first-order valence-electron chi connectivity index (χ1n) is 7.87. The van der Waals surface area contributed by atoms with Crippen LogP contribution in [0.1, 0.15) is 39.5 Å². The average molecular weight is 268 g/mol. The maximum atomic E-state index is 5.99. The van der Waals surface area contributed by atoms with Crippen molar-refractivity contribution in [2.24, 2.45) is 0 Å². The zero-order chi connectivity index (χ0) is 13.3. The van der Waals surface area contributed by atoms with Gasteiger partial charge in [-0.25, -0.2) is 0 Å². The van der Waals surface area contributed by atoms with E-state index in [-0.39, 0.29) is 5.60 Å². The number of ether oxygens (including phenoxy) is 2. The molecule has 110 valence electrons. The summed E-state index contributed by atoms with van der Waals surface area (Å²) < 4.78 is 11.9. The van der Waals surface area contributed by atoms with Crippen LogP contribution in [0.4, 0.5) is 0 Å². The molecule has 3 atom stereocenters. The van der Waals surface area contributed by atoms with Crippen molar-refractivity contribution in [2.75, 3.05) is 32.8 Å². The van der Waals surface area contributed by atoms with E-state index < -0.39 is 0 Å². The predicted molar refractivity (Wildman–Crippen MR) is 75.4 cm³/mol. The van der Waals surface area contributed by atoms with Crippen molar-refractivity contribution in [1.29, 1.82) is 0 Å². The third-order valence-corrected chi connectivity index (χ3v) is 4.76. The van der Waals surface area contributed by atoms with E-state index in [1.165, 1.54) is 32.2 Å². The molecule has 0 aromatic rings. The second-order valence-corrected chi connectivity index (χ2v) is 6.94. The van der Waals surface area contributed by atoms with E-state index in [2.05, 4.69) is 24.1 Å². The Balaban J connectivity index is 1.34. The summed E-state index contributed by atoms with van der Waals surface area (Å²) in [6.45, 7) is 9.60. The molecule has 19 heavy (non-hydrogen) atoms. The summed E-state index contributed by atoms with van der Waals surface area (Å²) in [5, 5.41) is 3.54. The van der Waals surface area contributed by atoms with Crippen LogP contribution < -0.4 is 5.32 Å². The maximum absolute atomic E-state index is 5.99. The minimum Gasteiger partial charge on any atom is -0.374 e. The number of hydrogen-bond donors (Lipinski definition) is 1. The normalized spacial score (nSPS) is 38.5. The van der Waals surface area contributed by atoms with E-state index in [9.17, 15) is 0 Å². The largest absolute Gasteiger partial charge is 0.374 e. The molecule has 0 radical (unpaired) electrons. The molecule has 0 aromatic heterocycles. The van der Waals surface area contributed by atoms with E-state index >= 15 is 0 Å². The van der Waals surface area contributed by atoms with Gasteiger partial charge in [0.2, 0.25) is 0 Å². The molecule has 0 aliphatic carbocycles. The lowest BCUT2D eigenvalue weighted by Gasteiger charge is -2.35. The second-order valence-electron chi connectivity index (χ2n) is 6.94. The molecule has 1 N–H and O–H groups in total. The van der Waals surface area contributed by atoms with Gasteiger partial charge >= 0.3 is 0 Å². The molecule has 3 fully saturated rings. The summed E-state index contributed by atoms with van der Waals surface area (Å²) in [6.07, 6.45) is 5.78. The zero-order valence-electron chi connectivity index (χ0n) is 12.4. The van der Waals surface area contributed by atoms with Gasteiger partial charge in [0.15, 0.2) is 0 Å². The van der Waals surface area contributed by atoms with Crippen molar-refractivity contribution in [3.05, 3.63) is 0 Å². The smallest absolute Gasteiger partial charge is 0.0827 e. The Morgan fingerprint density at radius 3 is 2.84 bits per heavy atom. The number of nitrogens with one attached hydrogen (secondary N) is 1. The van der Waals surface area contributed by atoms with Gasteiger partial charge in [-0.15, -0.1) is 0 Å². The summed E-state index contributed by atoms with van der Waals surface area (Å²) in [5.74, 6) is 0. The highest BCUT2D eigenvalue weighted by Crippen LogP contribution is 2.28. The van der Waals surface area contributed by atoms with Gasteiger partial charge in [0.1, 0.15) is 0 Å². The monoisotopic (exact) mass is 268 g/mol. The van der Waals surface area contributed by atoms with Crippen molar-refractivity contribution < 1.29 is 9.47 Å². The fraction of sp³-hybridized carbons (Fsp3) is 1.00. The number of hydrogen-bond acceptors (Lipinski definition) is 4. The number of fused-ring (bicyclic) bond motifs is 1. The van der Waals surface area contributed by atoms with Crippen molar-refractivity contribution in [3.63, 3.8) is 0 Å². The zero-order valence-corrected chi connectivity index (χ0v) is 12.4. The van der Waals surface area contributed by atoms with E-state index in [4.69, 9.17) is 9.47 Å². The minimum atomic E-state index is 0.0798. The predicted octanol–water partition coefficient (Wildman–Crippen LogP) is 1.40. The molecule has 0 aromatic carbocycles.